The van der Waals surface area contributed by atoms with E-state index in [-0.39, 0.29) is 18.2 Å². The van der Waals surface area contributed by atoms with Crippen LogP contribution in [0.2, 0.25) is 0 Å². The smallest absolute Gasteiger partial charge is 0.274 e. The van der Waals surface area contributed by atoms with Crippen molar-refractivity contribution in [2.24, 2.45) is 0 Å². The Balaban J connectivity index is 1.86. The number of hydrogen-bond acceptors (Lipinski definition) is 5. The monoisotopic (exact) mass is 369 g/mol. The molecule has 2 aromatic rings. The van der Waals surface area contributed by atoms with Gasteiger partial charge in [-0.2, -0.15) is 0 Å². The molecule has 7 heteroatoms. The van der Waals surface area contributed by atoms with Crippen molar-refractivity contribution >= 4 is 11.8 Å². The largest absolute Gasteiger partial charge is 0.350 e. The fraction of sp³-hybridized carbons (Fsp3) is 0.450. The fourth-order valence-corrected chi connectivity index (χ4v) is 2.63. The summed E-state index contributed by atoms with van der Waals surface area (Å²) in [6, 6.07) is 5.57. The van der Waals surface area contributed by atoms with Crippen LogP contribution in [0.5, 0.6) is 0 Å². The molecule has 2 amide bonds. The van der Waals surface area contributed by atoms with Crippen molar-refractivity contribution in [3.05, 3.63) is 54.4 Å². The third kappa shape index (κ3) is 7.52. The van der Waals surface area contributed by atoms with Gasteiger partial charge in [0, 0.05) is 38.1 Å². The van der Waals surface area contributed by atoms with Crippen LogP contribution in [-0.2, 0) is 11.3 Å². The number of carbonyl (C=O) groups excluding carboxylic acids is 2. The van der Waals surface area contributed by atoms with E-state index < -0.39 is 0 Å². The molecule has 2 aromatic heterocycles. The average molecular weight is 369 g/mol. The Morgan fingerprint density at radius 3 is 2.63 bits per heavy atom. The molecule has 1 N–H and O–H groups in total. The summed E-state index contributed by atoms with van der Waals surface area (Å²) in [5.41, 5.74) is 1.11. The maximum Gasteiger partial charge on any atom is 0.274 e. The zero-order valence-electron chi connectivity index (χ0n) is 15.8. The molecule has 0 atom stereocenters. The first-order valence-corrected chi connectivity index (χ1v) is 9.42. The van der Waals surface area contributed by atoms with Gasteiger partial charge >= 0.3 is 0 Å². The van der Waals surface area contributed by atoms with Gasteiger partial charge in [-0.05, 0) is 18.6 Å². The molecule has 0 spiro atoms. The summed E-state index contributed by atoms with van der Waals surface area (Å²) >= 11 is 0. The lowest BCUT2D eigenvalue weighted by atomic mass is 10.2. The number of pyridine rings is 1. The summed E-state index contributed by atoms with van der Waals surface area (Å²) in [5, 5.41) is 2.84. The Morgan fingerprint density at radius 2 is 1.93 bits per heavy atom. The molecule has 0 unspecified atom stereocenters. The van der Waals surface area contributed by atoms with Crippen LogP contribution in [-0.4, -0.2) is 44.8 Å². The van der Waals surface area contributed by atoms with Crippen molar-refractivity contribution in [1.29, 1.82) is 0 Å². The van der Waals surface area contributed by atoms with E-state index in [0.29, 0.717) is 25.3 Å². The maximum absolute atomic E-state index is 12.7. The number of nitrogens with one attached hydrogen (secondary N) is 1. The van der Waals surface area contributed by atoms with Crippen molar-refractivity contribution in [3.8, 4) is 0 Å². The van der Waals surface area contributed by atoms with Crippen LogP contribution in [0.15, 0.2) is 43.0 Å². The summed E-state index contributed by atoms with van der Waals surface area (Å²) < 4.78 is 0. The van der Waals surface area contributed by atoms with Crippen molar-refractivity contribution in [2.45, 2.75) is 45.6 Å². The molecule has 0 fully saturated rings. The van der Waals surface area contributed by atoms with Crippen LogP contribution >= 0.6 is 0 Å². The third-order valence-electron chi connectivity index (χ3n) is 4.15. The van der Waals surface area contributed by atoms with E-state index in [0.717, 1.165) is 31.4 Å². The van der Waals surface area contributed by atoms with E-state index in [1.54, 1.807) is 11.1 Å². The lowest BCUT2D eigenvalue weighted by molar-refractivity contribution is -0.121. The minimum Gasteiger partial charge on any atom is -0.350 e. The lowest BCUT2D eigenvalue weighted by Crippen LogP contribution is -2.36. The Kier molecular flexibility index (Phi) is 8.89. The first-order chi connectivity index (χ1) is 13.2. The fourth-order valence-electron chi connectivity index (χ4n) is 2.63. The van der Waals surface area contributed by atoms with E-state index in [1.165, 1.54) is 18.6 Å². The molecule has 0 aliphatic rings. The maximum atomic E-state index is 12.7. The topological polar surface area (TPSA) is 88.1 Å². The number of hydrogen-bond donors (Lipinski definition) is 1. The van der Waals surface area contributed by atoms with Crippen molar-refractivity contribution in [1.82, 2.24) is 25.2 Å². The summed E-state index contributed by atoms with van der Waals surface area (Å²) in [5.74, 6) is -0.289. The predicted octanol–water partition coefficient (Wildman–Crippen LogP) is 2.60. The highest BCUT2D eigenvalue weighted by Crippen LogP contribution is 2.06. The van der Waals surface area contributed by atoms with Gasteiger partial charge in [-0.1, -0.05) is 32.3 Å². The second-order valence-electron chi connectivity index (χ2n) is 6.29. The number of rotatable bonds is 11. The second-order valence-corrected chi connectivity index (χ2v) is 6.29. The van der Waals surface area contributed by atoms with Crippen molar-refractivity contribution in [3.63, 3.8) is 0 Å². The molecular weight excluding hydrogens is 342 g/mol. The van der Waals surface area contributed by atoms with Gasteiger partial charge in [-0.15, -0.1) is 0 Å². The van der Waals surface area contributed by atoms with Gasteiger partial charge in [0.15, 0.2) is 0 Å². The summed E-state index contributed by atoms with van der Waals surface area (Å²) in [7, 11) is 0. The van der Waals surface area contributed by atoms with Gasteiger partial charge in [0.25, 0.3) is 5.91 Å². The molecule has 0 radical (unpaired) electrons. The van der Waals surface area contributed by atoms with Crippen molar-refractivity contribution < 1.29 is 9.59 Å². The van der Waals surface area contributed by atoms with Gasteiger partial charge in [-0.25, -0.2) is 4.98 Å². The molecule has 0 aliphatic heterocycles. The normalized spacial score (nSPS) is 10.4. The number of aromatic nitrogens is 3. The third-order valence-corrected chi connectivity index (χ3v) is 4.15. The molecule has 0 saturated carbocycles. The van der Waals surface area contributed by atoms with Gasteiger partial charge < -0.3 is 10.2 Å². The van der Waals surface area contributed by atoms with E-state index in [4.69, 9.17) is 0 Å². The van der Waals surface area contributed by atoms with Crippen LogP contribution in [0.4, 0.5) is 0 Å². The predicted molar refractivity (Wildman–Crippen MR) is 103 cm³/mol. The second kappa shape index (κ2) is 11.7. The molecule has 27 heavy (non-hydrogen) atoms. The Morgan fingerprint density at radius 1 is 1.04 bits per heavy atom. The molecule has 7 nitrogen and oxygen atoms in total. The standard InChI is InChI=1S/C20H27N5O2/c1-2-3-4-7-13-25(20(27)18-16-21-11-12-23-18)14-9-19(26)24-15-17-8-5-6-10-22-17/h5-6,8,10-12,16H,2-4,7,9,13-15H2,1H3,(H,24,26). The Hall–Kier alpha value is -2.83. The average Bonchev–Trinajstić information content (AvgIpc) is 2.72. The van der Waals surface area contributed by atoms with Crippen LogP contribution in [0.3, 0.4) is 0 Å². The highest BCUT2D eigenvalue weighted by Gasteiger charge is 2.18. The van der Waals surface area contributed by atoms with E-state index in [2.05, 4.69) is 27.2 Å². The molecule has 144 valence electrons. The Labute approximate surface area is 160 Å². The quantitative estimate of drug-likeness (QED) is 0.615. The molecule has 0 saturated heterocycles. The number of unbranched alkanes of at least 4 members (excludes halogenated alkanes) is 3. The Bertz CT molecular complexity index is 694. The molecular formula is C20H27N5O2. The van der Waals surface area contributed by atoms with E-state index in [9.17, 15) is 9.59 Å². The zero-order chi connectivity index (χ0) is 19.3. The first kappa shape index (κ1) is 20.5. The number of nitrogens with zero attached hydrogens (tertiary/aromatic N) is 4. The first-order valence-electron chi connectivity index (χ1n) is 9.42. The highest BCUT2D eigenvalue weighted by atomic mass is 16.2. The SMILES string of the molecule is CCCCCCN(CCC(=O)NCc1ccccn1)C(=O)c1cnccn1. The lowest BCUT2D eigenvalue weighted by Gasteiger charge is -2.22. The van der Waals surface area contributed by atoms with Crippen LogP contribution in [0.25, 0.3) is 0 Å². The summed E-state index contributed by atoms with van der Waals surface area (Å²) in [6.07, 6.45) is 10.7. The molecule has 0 aromatic carbocycles. The van der Waals surface area contributed by atoms with Gasteiger partial charge in [0.2, 0.25) is 5.91 Å². The van der Waals surface area contributed by atoms with E-state index in [1.807, 2.05) is 18.2 Å². The minimum atomic E-state index is -0.183. The van der Waals surface area contributed by atoms with Gasteiger partial charge in [0.05, 0.1) is 18.4 Å². The molecule has 2 heterocycles. The van der Waals surface area contributed by atoms with Crippen molar-refractivity contribution in [2.75, 3.05) is 13.1 Å². The van der Waals surface area contributed by atoms with Gasteiger partial charge in [-0.3, -0.25) is 19.6 Å². The number of amides is 2. The molecule has 0 aliphatic carbocycles. The van der Waals surface area contributed by atoms with Crippen LogP contribution in [0.1, 0.15) is 55.2 Å². The summed E-state index contributed by atoms with van der Waals surface area (Å²) in [6.45, 7) is 3.50. The minimum absolute atomic E-state index is 0.105. The zero-order valence-corrected chi connectivity index (χ0v) is 15.8. The van der Waals surface area contributed by atoms with E-state index >= 15 is 0 Å². The molecule has 0 bridgehead atoms. The van der Waals surface area contributed by atoms with Gasteiger partial charge in [0.1, 0.15) is 5.69 Å². The van der Waals surface area contributed by atoms with Crippen LogP contribution < -0.4 is 5.32 Å². The summed E-state index contributed by atoms with van der Waals surface area (Å²) in [4.78, 5) is 38.7. The van der Waals surface area contributed by atoms with Crippen LogP contribution in [0, 0.1) is 0 Å². The number of carbonyl (C=O) groups is 2. The highest BCUT2D eigenvalue weighted by molar-refractivity contribution is 5.92. The molecule has 2 rings (SSSR count).